The number of sulfone groups is 1. The molecule has 0 unspecified atom stereocenters. The van der Waals surface area contributed by atoms with Crippen LogP contribution in [0.4, 0.5) is 8.78 Å². The molecule has 1 aromatic rings. The van der Waals surface area contributed by atoms with Gasteiger partial charge in [-0.25, -0.2) is 8.42 Å². The minimum Gasteiger partial charge on any atom is -0.434 e. The molecule has 0 N–H and O–H groups in total. The summed E-state index contributed by atoms with van der Waals surface area (Å²) in [6.07, 6.45) is 2.12. The molecule has 0 amide bonds. The van der Waals surface area contributed by atoms with Crippen LogP contribution in [0.25, 0.3) is 6.08 Å². The van der Waals surface area contributed by atoms with Crippen molar-refractivity contribution in [2.24, 2.45) is 0 Å². The van der Waals surface area contributed by atoms with E-state index in [1.54, 1.807) is 19.9 Å². The molecule has 0 radical (unpaired) electrons. The number of rotatable bonds is 4. The van der Waals surface area contributed by atoms with Crippen LogP contribution in [0.1, 0.15) is 16.7 Å². The summed E-state index contributed by atoms with van der Waals surface area (Å²) in [6, 6.07) is 4.56. The summed E-state index contributed by atoms with van der Waals surface area (Å²) in [7, 11) is -3.62. The van der Waals surface area contributed by atoms with Crippen LogP contribution >= 0.6 is 0 Å². The van der Waals surface area contributed by atoms with Crippen molar-refractivity contribution in [3.63, 3.8) is 0 Å². The first kappa shape index (κ1) is 16.1. The summed E-state index contributed by atoms with van der Waals surface area (Å²) in [5.74, 6) is 0.0509. The van der Waals surface area contributed by atoms with Crippen molar-refractivity contribution >= 4 is 15.9 Å². The maximum atomic E-state index is 12.2. The molecule has 0 bridgehead atoms. The van der Waals surface area contributed by atoms with Crippen LogP contribution in [-0.4, -0.2) is 21.3 Å². The Morgan fingerprint density at radius 3 is 2.20 bits per heavy atom. The van der Waals surface area contributed by atoms with Gasteiger partial charge >= 0.3 is 6.61 Å². The predicted molar refractivity (Wildman–Crippen MR) is 71.0 cm³/mol. The molecule has 0 saturated heterocycles. The number of alkyl halides is 2. The minimum atomic E-state index is -3.62. The second-order valence-corrected chi connectivity index (χ2v) is 6.24. The third-order valence-corrected chi connectivity index (χ3v) is 3.51. The summed E-state index contributed by atoms with van der Waals surface area (Å²) in [5, 5.41) is 8.81. The molecular weight excluding hydrogens is 288 g/mol. The van der Waals surface area contributed by atoms with Gasteiger partial charge in [-0.3, -0.25) is 0 Å². The summed E-state index contributed by atoms with van der Waals surface area (Å²) in [4.78, 5) is -0.390. The minimum absolute atomic E-state index is 0.0509. The fraction of sp³-hybridized carbons (Fsp3) is 0.308. The zero-order valence-electron chi connectivity index (χ0n) is 11.1. The maximum Gasteiger partial charge on any atom is 0.387 e. The normalized spacial score (nSPS) is 12.3. The van der Waals surface area contributed by atoms with E-state index < -0.39 is 16.4 Å². The van der Waals surface area contributed by atoms with Gasteiger partial charge in [-0.05, 0) is 48.7 Å². The molecule has 1 rings (SSSR count). The average Bonchev–Trinajstić information content (AvgIpc) is 2.29. The number of nitriles is 1. The Morgan fingerprint density at radius 1 is 1.35 bits per heavy atom. The van der Waals surface area contributed by atoms with Gasteiger partial charge in [0, 0.05) is 6.26 Å². The Hall–Kier alpha value is -1.94. The van der Waals surface area contributed by atoms with Crippen LogP contribution in [0.5, 0.6) is 5.75 Å². The highest BCUT2D eigenvalue weighted by Crippen LogP contribution is 2.27. The first-order chi connectivity index (χ1) is 9.15. The lowest BCUT2D eigenvalue weighted by atomic mass is 10.1. The van der Waals surface area contributed by atoms with Crippen molar-refractivity contribution in [2.75, 3.05) is 6.26 Å². The number of aryl methyl sites for hydroxylation is 2. The van der Waals surface area contributed by atoms with E-state index in [-0.39, 0.29) is 10.7 Å². The van der Waals surface area contributed by atoms with Crippen molar-refractivity contribution in [1.82, 2.24) is 0 Å². The Kier molecular flexibility index (Phi) is 4.84. The van der Waals surface area contributed by atoms with E-state index in [0.29, 0.717) is 16.7 Å². The van der Waals surface area contributed by atoms with Gasteiger partial charge in [-0.15, -0.1) is 0 Å². The first-order valence-electron chi connectivity index (χ1n) is 5.53. The van der Waals surface area contributed by atoms with E-state index in [4.69, 9.17) is 5.26 Å². The van der Waals surface area contributed by atoms with Crippen LogP contribution in [-0.2, 0) is 9.84 Å². The van der Waals surface area contributed by atoms with Crippen LogP contribution in [0.15, 0.2) is 17.0 Å². The lowest BCUT2D eigenvalue weighted by Crippen LogP contribution is -2.05. The molecule has 0 atom stereocenters. The standard InChI is InChI=1S/C13H13F2NO3S/c1-8-4-10(6-11(7-16)20(3,17)18)5-9(2)12(8)19-13(14)15/h4-6,13H,1-3H3. The Labute approximate surface area is 116 Å². The molecule has 20 heavy (non-hydrogen) atoms. The van der Waals surface area contributed by atoms with Crippen molar-refractivity contribution in [2.45, 2.75) is 20.5 Å². The Morgan fingerprint density at radius 2 is 1.85 bits per heavy atom. The van der Waals surface area contributed by atoms with Crippen molar-refractivity contribution in [3.8, 4) is 11.8 Å². The third kappa shape index (κ3) is 4.03. The smallest absolute Gasteiger partial charge is 0.387 e. The Bertz CT molecular complexity index is 665. The molecule has 0 heterocycles. The molecule has 0 fully saturated rings. The van der Waals surface area contributed by atoms with Gasteiger partial charge in [0.15, 0.2) is 9.84 Å². The molecule has 1 aromatic carbocycles. The SMILES string of the molecule is Cc1cc(C=C(C#N)S(C)(=O)=O)cc(C)c1OC(F)F. The summed E-state index contributed by atoms with van der Waals surface area (Å²) < 4.78 is 51.6. The van der Waals surface area contributed by atoms with Crippen molar-refractivity contribution in [3.05, 3.63) is 33.7 Å². The van der Waals surface area contributed by atoms with E-state index in [2.05, 4.69) is 4.74 Å². The topological polar surface area (TPSA) is 67.2 Å². The number of ether oxygens (including phenoxy) is 1. The monoisotopic (exact) mass is 301 g/mol. The zero-order chi connectivity index (χ0) is 15.5. The molecular formula is C13H13F2NO3S. The maximum absolute atomic E-state index is 12.2. The highest BCUT2D eigenvalue weighted by atomic mass is 32.2. The number of hydrogen-bond acceptors (Lipinski definition) is 4. The number of nitrogens with zero attached hydrogens (tertiary/aromatic N) is 1. The lowest BCUT2D eigenvalue weighted by Gasteiger charge is -2.12. The van der Waals surface area contributed by atoms with E-state index in [0.717, 1.165) is 6.26 Å². The first-order valence-corrected chi connectivity index (χ1v) is 7.42. The number of benzene rings is 1. The van der Waals surface area contributed by atoms with Crippen LogP contribution in [0.2, 0.25) is 0 Å². The largest absolute Gasteiger partial charge is 0.434 e. The van der Waals surface area contributed by atoms with Gasteiger partial charge in [0.1, 0.15) is 16.7 Å². The number of allylic oxidation sites excluding steroid dienone is 1. The molecule has 0 aliphatic carbocycles. The van der Waals surface area contributed by atoms with E-state index >= 15 is 0 Å². The van der Waals surface area contributed by atoms with E-state index in [1.807, 2.05) is 0 Å². The third-order valence-electron chi connectivity index (χ3n) is 2.50. The van der Waals surface area contributed by atoms with Gasteiger partial charge in [-0.1, -0.05) is 0 Å². The van der Waals surface area contributed by atoms with Crippen molar-refractivity contribution < 1.29 is 21.9 Å². The van der Waals surface area contributed by atoms with Gasteiger partial charge in [-0.2, -0.15) is 14.0 Å². The molecule has 0 saturated carbocycles. The fourth-order valence-electron chi connectivity index (χ4n) is 1.72. The second-order valence-electron chi connectivity index (χ2n) is 4.25. The van der Waals surface area contributed by atoms with E-state index in [9.17, 15) is 17.2 Å². The summed E-state index contributed by atoms with van der Waals surface area (Å²) >= 11 is 0. The van der Waals surface area contributed by atoms with Gasteiger partial charge in [0.05, 0.1) is 0 Å². The van der Waals surface area contributed by atoms with E-state index in [1.165, 1.54) is 18.2 Å². The molecule has 0 aromatic heterocycles. The second kappa shape index (κ2) is 6.01. The quantitative estimate of drug-likeness (QED) is 0.802. The van der Waals surface area contributed by atoms with Crippen LogP contribution < -0.4 is 4.74 Å². The summed E-state index contributed by atoms with van der Waals surface area (Å²) in [5.41, 5.74) is 1.30. The lowest BCUT2D eigenvalue weighted by molar-refractivity contribution is -0.0507. The molecule has 108 valence electrons. The zero-order valence-corrected chi connectivity index (χ0v) is 12.0. The number of halogens is 2. The van der Waals surface area contributed by atoms with Crippen molar-refractivity contribution in [1.29, 1.82) is 5.26 Å². The average molecular weight is 301 g/mol. The Balaban J connectivity index is 3.32. The fourth-order valence-corrected chi connectivity index (χ4v) is 2.23. The van der Waals surface area contributed by atoms with Crippen LogP contribution in [0.3, 0.4) is 0 Å². The summed E-state index contributed by atoms with van der Waals surface area (Å²) in [6.45, 7) is 0.197. The molecule has 7 heteroatoms. The van der Waals surface area contributed by atoms with Gasteiger partial charge in [0.25, 0.3) is 0 Å². The highest BCUT2D eigenvalue weighted by Gasteiger charge is 2.14. The number of hydrogen-bond donors (Lipinski definition) is 0. The van der Waals surface area contributed by atoms with Gasteiger partial charge in [0.2, 0.25) is 0 Å². The van der Waals surface area contributed by atoms with Gasteiger partial charge < -0.3 is 4.74 Å². The molecule has 0 spiro atoms. The predicted octanol–water partition coefficient (Wildman–Crippen LogP) is 2.81. The molecule has 4 nitrogen and oxygen atoms in total. The van der Waals surface area contributed by atoms with Crippen LogP contribution in [0, 0.1) is 25.2 Å². The molecule has 0 aliphatic rings. The molecule has 0 aliphatic heterocycles. The highest BCUT2D eigenvalue weighted by molar-refractivity contribution is 7.95.